The van der Waals surface area contributed by atoms with E-state index in [4.69, 9.17) is 0 Å². The van der Waals surface area contributed by atoms with E-state index >= 15 is 0 Å². The van der Waals surface area contributed by atoms with Crippen LogP contribution in [0.1, 0.15) is 374 Å². The lowest BCUT2D eigenvalue weighted by atomic mass is 9.64. The molecule has 0 saturated heterocycles. The van der Waals surface area contributed by atoms with Gasteiger partial charge in [0.25, 0.3) is 0 Å². The van der Waals surface area contributed by atoms with E-state index in [1.165, 1.54) is 212 Å². The van der Waals surface area contributed by atoms with Crippen molar-refractivity contribution in [3.05, 3.63) is 24.3 Å². The molecule has 0 bridgehead atoms. The Morgan fingerprint density at radius 3 is 0.778 bits per heavy atom. The number of allylic oxidation sites excluding steroid dienone is 4. The number of ketones is 3. The molecule has 0 aliphatic heterocycles. The maximum atomic E-state index is 14.6. The van der Waals surface area contributed by atoms with Gasteiger partial charge >= 0.3 is 0 Å². The van der Waals surface area contributed by atoms with Gasteiger partial charge < -0.3 is 4.79 Å². The second kappa shape index (κ2) is 56.9. The number of rotatable bonds is 61. The molecule has 0 fully saturated rings. The van der Waals surface area contributed by atoms with Crippen molar-refractivity contribution >= 4 is 23.6 Å². The average molecular weight is 1010 g/mol. The van der Waals surface area contributed by atoms with Gasteiger partial charge in [-0.3, -0.25) is 14.4 Å². The molecule has 0 radical (unpaired) electrons. The highest BCUT2D eigenvalue weighted by Crippen LogP contribution is 2.38. The first kappa shape index (κ1) is 70.2. The number of aldehydes is 1. The second-order valence-corrected chi connectivity index (χ2v) is 22.8. The summed E-state index contributed by atoms with van der Waals surface area (Å²) in [5, 5.41) is 0. The number of unbranched alkanes of at least 4 members (excludes halogenated alkanes) is 44. The average Bonchev–Trinajstić information content (AvgIpc) is 3.38. The normalized spacial score (nSPS) is 13.1. The summed E-state index contributed by atoms with van der Waals surface area (Å²) in [5.74, 6) is -1.36. The topological polar surface area (TPSA) is 68.3 Å². The summed E-state index contributed by atoms with van der Waals surface area (Å²) < 4.78 is 0. The Labute approximate surface area is 450 Å². The molecule has 0 aromatic heterocycles. The number of hydrogen-bond donors (Lipinski definition) is 0. The fraction of sp³-hybridized carbons (Fsp3) is 0.882. The zero-order valence-electron chi connectivity index (χ0n) is 49.3. The summed E-state index contributed by atoms with van der Waals surface area (Å²) >= 11 is 0. The third-order valence-electron chi connectivity index (χ3n) is 16.0. The van der Waals surface area contributed by atoms with Gasteiger partial charge in [0.2, 0.25) is 0 Å². The standard InChI is InChI=1S/C68H126O4/c1-5-9-13-17-21-25-29-32-34-37-40-44-48-52-56-60-65(70)64(59-55-51-47-43-39-28-24-20-16-12-8-4)68(63-69,66(71)61-57-53-49-45-41-36-31-27-23-19-15-11-7-3)67(72)62-58-54-50-46-42-38-35-33-30-26-22-18-14-10-6-2/h32-35,63-64H,5-31,36-62H2,1-4H3. The maximum Gasteiger partial charge on any atom is 0.154 e. The Morgan fingerprint density at radius 2 is 0.514 bits per heavy atom. The molecule has 0 amide bonds. The highest BCUT2D eigenvalue weighted by Gasteiger charge is 2.52. The van der Waals surface area contributed by atoms with Crippen molar-refractivity contribution in [2.75, 3.05) is 0 Å². The predicted molar refractivity (Wildman–Crippen MR) is 317 cm³/mol. The van der Waals surface area contributed by atoms with Crippen LogP contribution >= 0.6 is 0 Å². The van der Waals surface area contributed by atoms with Crippen molar-refractivity contribution in [2.45, 2.75) is 374 Å². The Bertz CT molecular complexity index is 1230. The minimum atomic E-state index is -1.82. The first-order valence-electron chi connectivity index (χ1n) is 32.8. The van der Waals surface area contributed by atoms with Crippen LogP contribution < -0.4 is 0 Å². The molecule has 0 aliphatic rings. The van der Waals surface area contributed by atoms with Crippen molar-refractivity contribution in [1.29, 1.82) is 0 Å². The Morgan fingerprint density at radius 1 is 0.292 bits per heavy atom. The Balaban J connectivity index is 5.61. The molecule has 0 aromatic carbocycles. The van der Waals surface area contributed by atoms with Crippen molar-refractivity contribution in [3.8, 4) is 0 Å². The summed E-state index contributed by atoms with van der Waals surface area (Å²) in [6.07, 6.45) is 71.2. The van der Waals surface area contributed by atoms with Gasteiger partial charge in [-0.25, -0.2) is 0 Å². The lowest BCUT2D eigenvalue weighted by molar-refractivity contribution is -0.153. The molecule has 0 heterocycles. The van der Waals surface area contributed by atoms with Crippen LogP contribution in [-0.4, -0.2) is 23.6 Å². The predicted octanol–water partition coefficient (Wildman–Crippen LogP) is 22.8. The molecule has 0 saturated carbocycles. The molecule has 0 aromatic rings. The van der Waals surface area contributed by atoms with E-state index in [0.29, 0.717) is 32.0 Å². The summed E-state index contributed by atoms with van der Waals surface area (Å²) in [7, 11) is 0. The van der Waals surface area contributed by atoms with Crippen molar-refractivity contribution in [1.82, 2.24) is 0 Å². The van der Waals surface area contributed by atoms with Crippen LogP contribution in [0, 0.1) is 11.3 Å². The van der Waals surface area contributed by atoms with Gasteiger partial charge in [0.15, 0.2) is 17.0 Å². The van der Waals surface area contributed by atoms with E-state index in [0.717, 1.165) is 96.3 Å². The van der Waals surface area contributed by atoms with Gasteiger partial charge in [-0.05, 0) is 77.0 Å². The first-order valence-corrected chi connectivity index (χ1v) is 32.8. The minimum absolute atomic E-state index is 0.0107. The zero-order valence-corrected chi connectivity index (χ0v) is 49.3. The van der Waals surface area contributed by atoms with Gasteiger partial charge in [0, 0.05) is 25.2 Å². The molecule has 0 rings (SSSR count). The van der Waals surface area contributed by atoms with Gasteiger partial charge in [-0.2, -0.15) is 0 Å². The molecule has 4 heteroatoms. The number of hydrogen-bond acceptors (Lipinski definition) is 4. The highest BCUT2D eigenvalue weighted by molar-refractivity contribution is 6.21. The van der Waals surface area contributed by atoms with Crippen LogP contribution in [-0.2, 0) is 19.2 Å². The smallest absolute Gasteiger partial charge is 0.154 e. The van der Waals surface area contributed by atoms with Crippen LogP contribution in [0.15, 0.2) is 24.3 Å². The third kappa shape index (κ3) is 42.4. The van der Waals surface area contributed by atoms with Crippen LogP contribution in [0.25, 0.3) is 0 Å². The minimum Gasteiger partial charge on any atom is -0.302 e. The van der Waals surface area contributed by atoms with Gasteiger partial charge in [-0.15, -0.1) is 0 Å². The van der Waals surface area contributed by atoms with E-state index in [2.05, 4.69) is 52.0 Å². The number of Topliss-reactive ketones (excluding diaryl/α,β-unsaturated/α-hetero) is 3. The Hall–Kier alpha value is -1.84. The largest absolute Gasteiger partial charge is 0.302 e. The fourth-order valence-electron chi connectivity index (χ4n) is 11.0. The van der Waals surface area contributed by atoms with Gasteiger partial charge in [0.05, 0.1) is 0 Å². The molecule has 422 valence electrons. The molecule has 4 nitrogen and oxygen atoms in total. The van der Waals surface area contributed by atoms with E-state index in [1.54, 1.807) is 0 Å². The monoisotopic (exact) mass is 1010 g/mol. The van der Waals surface area contributed by atoms with Crippen LogP contribution in [0.5, 0.6) is 0 Å². The van der Waals surface area contributed by atoms with Crippen LogP contribution in [0.2, 0.25) is 0 Å². The lowest BCUT2D eigenvalue weighted by Gasteiger charge is -2.33. The molecule has 0 spiro atoms. The SMILES string of the molecule is CCCCCCCCC=CCCCCCCCC(=O)C(CCCCCCCCCCCCC)C(C=O)(C(=O)CCCCCCCC=CCCCCCCCC)C(=O)CCCCCCCCCCCCCCC. The van der Waals surface area contributed by atoms with Crippen molar-refractivity contribution in [2.24, 2.45) is 11.3 Å². The highest BCUT2D eigenvalue weighted by atomic mass is 16.2. The fourth-order valence-corrected chi connectivity index (χ4v) is 11.0. The van der Waals surface area contributed by atoms with E-state index in [-0.39, 0.29) is 30.2 Å². The summed E-state index contributed by atoms with van der Waals surface area (Å²) in [6, 6.07) is 0. The third-order valence-corrected chi connectivity index (χ3v) is 16.0. The molecule has 2 unspecified atom stereocenters. The van der Waals surface area contributed by atoms with Crippen molar-refractivity contribution in [3.63, 3.8) is 0 Å². The summed E-state index contributed by atoms with van der Waals surface area (Å²) in [6.45, 7) is 9.08. The molecule has 72 heavy (non-hydrogen) atoms. The number of carbonyl (C=O) groups is 4. The van der Waals surface area contributed by atoms with Crippen LogP contribution in [0.3, 0.4) is 0 Å². The first-order chi connectivity index (χ1) is 35.5. The quantitative estimate of drug-likeness (QED) is 0.0263. The molecule has 2 atom stereocenters. The molecule has 0 aliphatic carbocycles. The van der Waals surface area contributed by atoms with E-state index < -0.39 is 11.3 Å². The zero-order chi connectivity index (χ0) is 52.5. The lowest BCUT2D eigenvalue weighted by Crippen LogP contribution is -2.50. The van der Waals surface area contributed by atoms with Gasteiger partial charge in [0.1, 0.15) is 12.1 Å². The second-order valence-electron chi connectivity index (χ2n) is 22.8. The molecular formula is C68H126O4. The molecular weight excluding hydrogens is 881 g/mol. The summed E-state index contributed by atoms with van der Waals surface area (Å²) in [4.78, 5) is 57.5. The van der Waals surface area contributed by atoms with E-state index in [9.17, 15) is 19.2 Å². The van der Waals surface area contributed by atoms with Gasteiger partial charge in [-0.1, -0.05) is 302 Å². The van der Waals surface area contributed by atoms with Crippen LogP contribution in [0.4, 0.5) is 0 Å². The molecule has 0 N–H and O–H groups in total. The summed E-state index contributed by atoms with van der Waals surface area (Å²) in [5.41, 5.74) is -1.82. The van der Waals surface area contributed by atoms with E-state index in [1.807, 2.05) is 0 Å². The van der Waals surface area contributed by atoms with Crippen molar-refractivity contribution < 1.29 is 19.2 Å². The Kier molecular flexibility index (Phi) is 55.4. The number of carbonyl (C=O) groups excluding carboxylic acids is 4. The maximum absolute atomic E-state index is 14.6.